The molecule has 0 spiro atoms. The van der Waals surface area contributed by atoms with E-state index in [9.17, 15) is 13.2 Å². The Kier molecular flexibility index (Phi) is 5.71. The maximum absolute atomic E-state index is 12.9. The lowest BCUT2D eigenvalue weighted by Crippen LogP contribution is -2.46. The van der Waals surface area contributed by atoms with E-state index in [0.717, 1.165) is 38.8 Å². The van der Waals surface area contributed by atoms with Gasteiger partial charge in [0.15, 0.2) is 5.65 Å². The number of hydrogen-bond acceptors (Lipinski definition) is 7. The molecule has 0 amide bonds. The number of sulfonamides is 1. The molecule has 0 atom stereocenters. The summed E-state index contributed by atoms with van der Waals surface area (Å²) in [6, 6.07) is 6.80. The first-order valence-corrected chi connectivity index (χ1v) is 12.8. The molecule has 10 nitrogen and oxygen atoms in total. The third kappa shape index (κ3) is 4.04. The summed E-state index contributed by atoms with van der Waals surface area (Å²) >= 11 is 0. The third-order valence-electron chi connectivity index (χ3n) is 6.73. The highest BCUT2D eigenvalue weighted by Crippen LogP contribution is 2.31. The van der Waals surface area contributed by atoms with Crippen LogP contribution in [0.15, 0.2) is 40.2 Å². The number of aryl methyl sites for hydroxylation is 1. The predicted octanol–water partition coefficient (Wildman–Crippen LogP) is 1.92. The zero-order chi connectivity index (χ0) is 23.2. The smallest absolute Gasteiger partial charge is 0.324 e. The topological polar surface area (TPSA) is 105 Å². The number of imidazole rings is 1. The van der Waals surface area contributed by atoms with Crippen molar-refractivity contribution in [3.05, 3.63) is 40.9 Å². The fourth-order valence-electron chi connectivity index (χ4n) is 4.70. The summed E-state index contributed by atoms with van der Waals surface area (Å²) in [6.07, 6.45) is 5.86. The maximum Gasteiger partial charge on any atom is 0.330 e. The number of benzene rings is 1. The van der Waals surface area contributed by atoms with Crippen LogP contribution in [-0.4, -0.2) is 70.0 Å². The summed E-state index contributed by atoms with van der Waals surface area (Å²) in [4.78, 5) is 24.2. The van der Waals surface area contributed by atoms with Gasteiger partial charge in [-0.3, -0.25) is 9.13 Å². The lowest BCUT2D eigenvalue weighted by Gasteiger charge is -2.31. The van der Waals surface area contributed by atoms with E-state index in [1.54, 1.807) is 46.6 Å². The van der Waals surface area contributed by atoms with Crippen molar-refractivity contribution in [1.82, 2.24) is 28.3 Å². The average Bonchev–Trinajstić information content (AvgIpc) is 3.41. The van der Waals surface area contributed by atoms with Gasteiger partial charge in [-0.1, -0.05) is 12.8 Å². The van der Waals surface area contributed by atoms with Gasteiger partial charge in [0, 0.05) is 45.0 Å². The van der Waals surface area contributed by atoms with Gasteiger partial charge in [-0.15, -0.1) is 0 Å². The molecule has 176 valence electrons. The molecule has 0 unspecified atom stereocenters. The number of hydrogen-bond donors (Lipinski definition) is 1. The van der Waals surface area contributed by atoms with Crippen LogP contribution in [0.25, 0.3) is 11.2 Å². The molecule has 0 bridgehead atoms. The second kappa shape index (κ2) is 8.54. The van der Waals surface area contributed by atoms with Gasteiger partial charge < -0.3 is 10.2 Å². The number of fused-ring (bicyclic) bond motifs is 1. The van der Waals surface area contributed by atoms with Crippen molar-refractivity contribution in [2.24, 2.45) is 7.05 Å². The van der Waals surface area contributed by atoms with Crippen molar-refractivity contribution >= 4 is 32.8 Å². The summed E-state index contributed by atoms with van der Waals surface area (Å²) in [5.74, 6) is 0.370. The lowest BCUT2D eigenvalue weighted by atomic mass is 10.2. The van der Waals surface area contributed by atoms with E-state index < -0.39 is 10.0 Å². The van der Waals surface area contributed by atoms with Crippen LogP contribution in [0, 0.1) is 0 Å². The van der Waals surface area contributed by atoms with E-state index in [-0.39, 0.29) is 16.6 Å². The number of piperazine rings is 1. The largest absolute Gasteiger partial charge is 0.330 e. The quantitative estimate of drug-likeness (QED) is 0.606. The van der Waals surface area contributed by atoms with E-state index in [2.05, 4.69) is 20.2 Å². The molecule has 1 aliphatic carbocycles. The Morgan fingerprint density at radius 3 is 2.33 bits per heavy atom. The summed E-state index contributed by atoms with van der Waals surface area (Å²) in [5.41, 5.74) is 1.94. The molecule has 3 aromatic rings. The van der Waals surface area contributed by atoms with Crippen molar-refractivity contribution in [2.75, 3.05) is 38.5 Å². The normalized spacial score (nSPS) is 18.8. The van der Waals surface area contributed by atoms with Gasteiger partial charge in [0.2, 0.25) is 16.0 Å². The van der Waals surface area contributed by atoms with Gasteiger partial charge >= 0.3 is 5.69 Å². The van der Waals surface area contributed by atoms with Crippen LogP contribution in [0.4, 0.5) is 11.6 Å². The van der Waals surface area contributed by atoms with Gasteiger partial charge in [-0.2, -0.15) is 9.29 Å². The second-order valence-corrected chi connectivity index (χ2v) is 10.8. The zero-order valence-corrected chi connectivity index (χ0v) is 19.8. The Balaban J connectivity index is 1.39. The SMILES string of the molecule is CN1CCN(S(=O)(=O)c2ccc(Nc3ncc4c(n3)n(C3CCCC3)c(=O)n4C)cc2)CC1. The number of rotatable bonds is 5. The molecule has 1 aromatic carbocycles. The number of aromatic nitrogens is 4. The first kappa shape index (κ1) is 22.1. The minimum absolute atomic E-state index is 0.0678. The maximum atomic E-state index is 12.9. The van der Waals surface area contributed by atoms with Crippen LogP contribution in [0.5, 0.6) is 0 Å². The van der Waals surface area contributed by atoms with Gasteiger partial charge in [0.1, 0.15) is 5.52 Å². The van der Waals surface area contributed by atoms with Crippen molar-refractivity contribution in [1.29, 1.82) is 0 Å². The highest BCUT2D eigenvalue weighted by Gasteiger charge is 2.27. The third-order valence-corrected chi connectivity index (χ3v) is 8.65. The standard InChI is InChI=1S/C22H29N7O3S/c1-26-11-13-28(14-12-26)33(31,32)18-9-7-16(8-10-18)24-21-23-15-19-20(25-21)29(22(30)27(19)2)17-5-3-4-6-17/h7-10,15,17H,3-6,11-14H2,1-2H3,(H,23,24,25). The number of anilines is 2. The van der Waals surface area contributed by atoms with Crippen molar-refractivity contribution in [3.8, 4) is 0 Å². The first-order chi connectivity index (χ1) is 15.8. The monoisotopic (exact) mass is 471 g/mol. The van der Waals surface area contributed by atoms with Crippen LogP contribution in [0.1, 0.15) is 31.7 Å². The molecule has 11 heteroatoms. The fourth-order valence-corrected chi connectivity index (χ4v) is 6.13. The van der Waals surface area contributed by atoms with Crippen LogP contribution >= 0.6 is 0 Å². The van der Waals surface area contributed by atoms with Crippen molar-refractivity contribution in [2.45, 2.75) is 36.6 Å². The molecule has 33 heavy (non-hydrogen) atoms. The first-order valence-electron chi connectivity index (χ1n) is 11.3. The van der Waals surface area contributed by atoms with Gasteiger partial charge in [-0.25, -0.2) is 18.2 Å². The molecule has 2 aliphatic rings. The zero-order valence-electron chi connectivity index (χ0n) is 18.9. The molecule has 5 rings (SSSR count). The van der Waals surface area contributed by atoms with Crippen molar-refractivity contribution < 1.29 is 8.42 Å². The van der Waals surface area contributed by atoms with E-state index in [1.807, 2.05) is 7.05 Å². The fraction of sp³-hybridized carbons (Fsp3) is 0.500. The van der Waals surface area contributed by atoms with Gasteiger partial charge in [0.05, 0.1) is 11.1 Å². The van der Waals surface area contributed by atoms with E-state index in [0.29, 0.717) is 35.9 Å². The number of nitrogens with one attached hydrogen (secondary N) is 1. The summed E-state index contributed by atoms with van der Waals surface area (Å²) in [5, 5.41) is 3.14. The molecule has 3 heterocycles. The Labute approximate surface area is 192 Å². The van der Waals surface area contributed by atoms with Crippen molar-refractivity contribution in [3.63, 3.8) is 0 Å². The van der Waals surface area contributed by atoms with E-state index in [4.69, 9.17) is 0 Å². The van der Waals surface area contributed by atoms with Crippen LogP contribution < -0.4 is 11.0 Å². The van der Waals surface area contributed by atoms with Crippen LogP contribution in [-0.2, 0) is 17.1 Å². The molecular formula is C22H29N7O3S. The van der Waals surface area contributed by atoms with Crippen LogP contribution in [0.3, 0.4) is 0 Å². The highest BCUT2D eigenvalue weighted by atomic mass is 32.2. The number of nitrogens with zero attached hydrogens (tertiary/aromatic N) is 6. The Bertz CT molecular complexity index is 1320. The predicted molar refractivity (Wildman–Crippen MR) is 126 cm³/mol. The molecule has 1 aliphatic heterocycles. The molecule has 1 saturated heterocycles. The molecule has 0 radical (unpaired) electrons. The number of likely N-dealkylation sites (N-methyl/N-ethyl adjacent to an activating group) is 1. The highest BCUT2D eigenvalue weighted by molar-refractivity contribution is 7.89. The molecule has 1 saturated carbocycles. The van der Waals surface area contributed by atoms with E-state index in [1.165, 1.54) is 4.31 Å². The van der Waals surface area contributed by atoms with Crippen LogP contribution in [0.2, 0.25) is 0 Å². The molecule has 2 aromatic heterocycles. The molecule has 2 fully saturated rings. The molecule has 1 N–H and O–H groups in total. The van der Waals surface area contributed by atoms with Gasteiger partial charge in [-0.05, 0) is 44.2 Å². The molecular weight excluding hydrogens is 442 g/mol. The Hall–Kier alpha value is -2.76. The summed E-state index contributed by atoms with van der Waals surface area (Å²) in [6.45, 7) is 2.44. The second-order valence-electron chi connectivity index (χ2n) is 8.91. The Morgan fingerprint density at radius 2 is 1.67 bits per heavy atom. The Morgan fingerprint density at radius 1 is 1.00 bits per heavy atom. The average molecular weight is 472 g/mol. The summed E-state index contributed by atoms with van der Waals surface area (Å²) in [7, 11) is 0.220. The minimum atomic E-state index is -3.51. The lowest BCUT2D eigenvalue weighted by molar-refractivity contribution is 0.222. The summed E-state index contributed by atoms with van der Waals surface area (Å²) < 4.78 is 30.8. The minimum Gasteiger partial charge on any atom is -0.324 e. The van der Waals surface area contributed by atoms with E-state index >= 15 is 0 Å². The van der Waals surface area contributed by atoms with Gasteiger partial charge in [0.25, 0.3) is 0 Å².